The third-order valence-electron chi connectivity index (χ3n) is 5.45. The van der Waals surface area contributed by atoms with E-state index in [1.807, 2.05) is 42.1 Å². The Hall–Kier alpha value is -2.11. The van der Waals surface area contributed by atoms with Gasteiger partial charge in [0.2, 0.25) is 0 Å². The van der Waals surface area contributed by atoms with Crippen molar-refractivity contribution in [1.82, 2.24) is 0 Å². The van der Waals surface area contributed by atoms with Gasteiger partial charge in [-0.2, -0.15) is 11.8 Å². The maximum atomic E-state index is 6.46. The lowest BCUT2D eigenvalue weighted by molar-refractivity contribution is -0.0966. The molecule has 162 valence electrons. The fourth-order valence-corrected chi connectivity index (χ4v) is 5.09. The summed E-state index contributed by atoms with van der Waals surface area (Å²) in [6, 6.07) is 31.0. The molecule has 1 heterocycles. The Labute approximate surface area is 189 Å². The largest absolute Gasteiger partial charge is 0.376 e. The first-order valence-corrected chi connectivity index (χ1v) is 12.0. The van der Waals surface area contributed by atoms with Crippen molar-refractivity contribution in [2.45, 2.75) is 43.7 Å². The molecule has 0 aromatic heterocycles. The molecule has 0 unspecified atom stereocenters. The van der Waals surface area contributed by atoms with Crippen molar-refractivity contribution < 1.29 is 14.2 Å². The first-order valence-electron chi connectivity index (χ1n) is 10.9. The Morgan fingerprint density at radius 1 is 0.645 bits per heavy atom. The van der Waals surface area contributed by atoms with Crippen LogP contribution in [0.5, 0.6) is 0 Å². The fraction of sp³-hybridized carbons (Fsp3) is 0.333. The molecule has 0 aliphatic carbocycles. The molecule has 4 heteroatoms. The number of rotatable bonds is 10. The first kappa shape index (κ1) is 22.1. The van der Waals surface area contributed by atoms with Crippen LogP contribution in [-0.4, -0.2) is 29.8 Å². The van der Waals surface area contributed by atoms with E-state index in [2.05, 4.69) is 60.7 Å². The fourth-order valence-electron chi connectivity index (χ4n) is 3.78. The normalized spacial score (nSPS) is 21.1. The van der Waals surface area contributed by atoms with E-state index in [4.69, 9.17) is 14.2 Å². The third kappa shape index (κ3) is 6.94. The molecular formula is C27H30O3S. The monoisotopic (exact) mass is 434 g/mol. The highest BCUT2D eigenvalue weighted by Crippen LogP contribution is 2.32. The maximum Gasteiger partial charge on any atom is 0.0982 e. The van der Waals surface area contributed by atoms with Crippen molar-refractivity contribution in [2.24, 2.45) is 0 Å². The number of thioether (sulfide) groups is 1. The molecule has 3 aromatic carbocycles. The van der Waals surface area contributed by atoms with Gasteiger partial charge in [0, 0.05) is 0 Å². The summed E-state index contributed by atoms with van der Waals surface area (Å²) in [5.41, 5.74) is 3.57. The topological polar surface area (TPSA) is 27.7 Å². The zero-order chi connectivity index (χ0) is 21.1. The van der Waals surface area contributed by atoms with E-state index in [1.54, 1.807) is 0 Å². The molecule has 0 radical (unpaired) electrons. The molecule has 1 fully saturated rings. The molecule has 1 aliphatic rings. The van der Waals surface area contributed by atoms with Gasteiger partial charge in [0.15, 0.2) is 0 Å². The molecule has 0 spiro atoms. The smallest absolute Gasteiger partial charge is 0.0982 e. The molecule has 0 bridgehead atoms. The van der Waals surface area contributed by atoms with E-state index in [1.165, 1.54) is 16.7 Å². The van der Waals surface area contributed by atoms with Crippen molar-refractivity contribution in [3.8, 4) is 0 Å². The summed E-state index contributed by atoms with van der Waals surface area (Å²) in [5.74, 6) is 1.06. The predicted octanol–water partition coefficient (Wildman–Crippen LogP) is 5.88. The summed E-state index contributed by atoms with van der Waals surface area (Å²) in [6.07, 6.45) is 1.06. The van der Waals surface area contributed by atoms with Gasteiger partial charge in [-0.25, -0.2) is 0 Å². The number of ether oxygens (including phenoxy) is 3. The van der Waals surface area contributed by atoms with Crippen molar-refractivity contribution in [2.75, 3.05) is 12.4 Å². The lowest BCUT2D eigenvalue weighted by Crippen LogP contribution is -2.45. The Kier molecular flexibility index (Phi) is 8.60. The molecule has 3 nitrogen and oxygen atoms in total. The van der Waals surface area contributed by atoms with Gasteiger partial charge in [0.05, 0.1) is 43.9 Å². The summed E-state index contributed by atoms with van der Waals surface area (Å²) in [6.45, 7) is 2.48. The molecule has 3 atom stereocenters. The Bertz CT molecular complexity index is 873. The molecule has 4 rings (SSSR count). The van der Waals surface area contributed by atoms with E-state index in [0.29, 0.717) is 26.4 Å². The second-order valence-electron chi connectivity index (χ2n) is 7.79. The van der Waals surface area contributed by atoms with Crippen LogP contribution in [0.1, 0.15) is 23.1 Å². The highest BCUT2D eigenvalue weighted by atomic mass is 32.2. The van der Waals surface area contributed by atoms with Crippen LogP contribution < -0.4 is 0 Å². The van der Waals surface area contributed by atoms with Crippen LogP contribution in [0.3, 0.4) is 0 Å². The van der Waals surface area contributed by atoms with E-state index in [0.717, 1.165) is 12.2 Å². The van der Waals surface area contributed by atoms with Crippen molar-refractivity contribution in [3.05, 3.63) is 108 Å². The molecular weight excluding hydrogens is 404 g/mol. The minimum atomic E-state index is -0.00144. The summed E-state index contributed by atoms with van der Waals surface area (Å²) in [7, 11) is 0. The zero-order valence-corrected chi connectivity index (χ0v) is 18.6. The van der Waals surface area contributed by atoms with Gasteiger partial charge in [-0.05, 0) is 28.9 Å². The molecule has 1 aliphatic heterocycles. The van der Waals surface area contributed by atoms with Crippen LogP contribution in [0.2, 0.25) is 0 Å². The van der Waals surface area contributed by atoms with E-state index in [-0.39, 0.29) is 17.5 Å². The van der Waals surface area contributed by atoms with Crippen LogP contribution in [0.25, 0.3) is 0 Å². The molecule has 1 saturated heterocycles. The van der Waals surface area contributed by atoms with Crippen molar-refractivity contribution >= 4 is 11.8 Å². The lowest BCUT2D eigenvalue weighted by atomic mass is 10.1. The Balaban J connectivity index is 1.38. The maximum absolute atomic E-state index is 6.46. The van der Waals surface area contributed by atoms with Gasteiger partial charge in [0.25, 0.3) is 0 Å². The average molecular weight is 435 g/mol. The summed E-state index contributed by atoms with van der Waals surface area (Å²) in [5, 5.41) is 0.252. The Morgan fingerprint density at radius 3 is 1.74 bits per heavy atom. The van der Waals surface area contributed by atoms with Gasteiger partial charge in [0.1, 0.15) is 0 Å². The van der Waals surface area contributed by atoms with E-state index < -0.39 is 0 Å². The van der Waals surface area contributed by atoms with Gasteiger partial charge in [-0.3, -0.25) is 0 Å². The molecule has 0 amide bonds. The predicted molar refractivity (Wildman–Crippen MR) is 127 cm³/mol. The van der Waals surface area contributed by atoms with Crippen LogP contribution in [-0.2, 0) is 34.0 Å². The van der Waals surface area contributed by atoms with Gasteiger partial charge < -0.3 is 14.2 Å². The standard InChI is InChI=1S/C27H30O3S/c1-4-10-22(11-5-1)18-28-21-26-27(30-20-24-14-8-3-9-15-24)25(16-17-31-26)29-19-23-12-6-2-7-13-23/h1-15,25-27H,16-21H2/t25-,26-,27+/m1/s1. The van der Waals surface area contributed by atoms with Gasteiger partial charge in [-0.15, -0.1) is 0 Å². The lowest BCUT2D eigenvalue weighted by Gasteiger charge is -2.37. The second-order valence-corrected chi connectivity index (χ2v) is 9.14. The highest BCUT2D eigenvalue weighted by molar-refractivity contribution is 8.00. The van der Waals surface area contributed by atoms with Crippen LogP contribution in [0.4, 0.5) is 0 Å². The average Bonchev–Trinajstić information content (AvgIpc) is 2.84. The second kappa shape index (κ2) is 12.1. The SMILES string of the molecule is c1ccc(COC[C@H]2SCC[C@@H](OCc3ccccc3)[C@@H]2OCc2ccccc2)cc1. The minimum Gasteiger partial charge on any atom is -0.376 e. The number of hydrogen-bond acceptors (Lipinski definition) is 4. The van der Waals surface area contributed by atoms with Gasteiger partial charge in [-0.1, -0.05) is 91.0 Å². The van der Waals surface area contributed by atoms with E-state index >= 15 is 0 Å². The van der Waals surface area contributed by atoms with Crippen molar-refractivity contribution in [3.63, 3.8) is 0 Å². The van der Waals surface area contributed by atoms with Crippen molar-refractivity contribution in [1.29, 1.82) is 0 Å². The molecule has 3 aromatic rings. The van der Waals surface area contributed by atoms with Crippen LogP contribution in [0, 0.1) is 0 Å². The van der Waals surface area contributed by atoms with Gasteiger partial charge >= 0.3 is 0 Å². The number of hydrogen-bond donors (Lipinski definition) is 0. The zero-order valence-electron chi connectivity index (χ0n) is 17.8. The van der Waals surface area contributed by atoms with E-state index in [9.17, 15) is 0 Å². The quantitative estimate of drug-likeness (QED) is 0.398. The molecule has 0 N–H and O–H groups in total. The highest BCUT2D eigenvalue weighted by Gasteiger charge is 2.35. The van der Waals surface area contributed by atoms with Crippen LogP contribution >= 0.6 is 11.8 Å². The third-order valence-corrected chi connectivity index (χ3v) is 6.76. The number of benzene rings is 3. The minimum absolute atomic E-state index is 0.00144. The summed E-state index contributed by atoms with van der Waals surface area (Å²) >= 11 is 1.94. The van der Waals surface area contributed by atoms with Crippen LogP contribution in [0.15, 0.2) is 91.0 Å². The summed E-state index contributed by atoms with van der Waals surface area (Å²) < 4.78 is 18.9. The molecule has 31 heavy (non-hydrogen) atoms. The Morgan fingerprint density at radius 2 is 1.16 bits per heavy atom. The molecule has 0 saturated carbocycles. The summed E-state index contributed by atoms with van der Waals surface area (Å²) in [4.78, 5) is 0. The first-order chi connectivity index (χ1) is 15.4.